The first-order chi connectivity index (χ1) is 9.99. The molecule has 0 aromatic heterocycles. The minimum Gasteiger partial charge on any atom is -0.478 e. The van der Waals surface area contributed by atoms with Crippen LogP contribution in [0.5, 0.6) is 0 Å². The van der Waals surface area contributed by atoms with Gasteiger partial charge in [-0.25, -0.2) is 9.18 Å². The Hall–Kier alpha value is -1.84. The van der Waals surface area contributed by atoms with Gasteiger partial charge < -0.3 is 10.0 Å². The molecule has 3 nitrogen and oxygen atoms in total. The number of rotatable bonds is 4. The zero-order valence-corrected chi connectivity index (χ0v) is 12.6. The zero-order chi connectivity index (χ0) is 15.4. The Morgan fingerprint density at radius 3 is 2.86 bits per heavy atom. The van der Waals surface area contributed by atoms with E-state index in [4.69, 9.17) is 5.11 Å². The van der Waals surface area contributed by atoms with Gasteiger partial charge in [-0.1, -0.05) is 25.8 Å². The quantitative estimate of drug-likeness (QED) is 0.854. The molecule has 4 heteroatoms. The van der Waals surface area contributed by atoms with Crippen molar-refractivity contribution in [2.75, 3.05) is 11.9 Å². The fraction of sp³-hybridized carbons (Fsp3) is 0.471. The average Bonchev–Trinajstić information content (AvgIpc) is 2.45. The van der Waals surface area contributed by atoms with Gasteiger partial charge in [0.15, 0.2) is 0 Å². The summed E-state index contributed by atoms with van der Waals surface area (Å²) in [5, 5.41) is 8.76. The minimum absolute atomic E-state index is 0.348. The van der Waals surface area contributed by atoms with Crippen LogP contribution < -0.4 is 4.90 Å². The second kappa shape index (κ2) is 6.74. The Labute approximate surface area is 125 Å². The Balaban J connectivity index is 2.29. The first-order valence-electron chi connectivity index (χ1n) is 7.41. The summed E-state index contributed by atoms with van der Waals surface area (Å²) in [5.41, 5.74) is 1.10. The van der Waals surface area contributed by atoms with E-state index >= 15 is 0 Å². The Morgan fingerprint density at radius 2 is 2.19 bits per heavy atom. The van der Waals surface area contributed by atoms with Crippen LogP contribution in [0.2, 0.25) is 0 Å². The molecule has 1 saturated carbocycles. The first kappa shape index (κ1) is 15.5. The fourth-order valence-electron chi connectivity index (χ4n) is 3.10. The van der Waals surface area contributed by atoms with E-state index in [0.717, 1.165) is 24.6 Å². The van der Waals surface area contributed by atoms with Crippen LogP contribution in [-0.2, 0) is 4.79 Å². The maximum absolute atomic E-state index is 14.0. The molecule has 1 fully saturated rings. The summed E-state index contributed by atoms with van der Waals surface area (Å²) in [6, 6.07) is 5.27. The maximum atomic E-state index is 14.0. The number of anilines is 1. The number of hydrogen-bond acceptors (Lipinski definition) is 2. The van der Waals surface area contributed by atoms with Gasteiger partial charge in [-0.15, -0.1) is 0 Å². The maximum Gasteiger partial charge on any atom is 0.328 e. The van der Waals surface area contributed by atoms with Gasteiger partial charge in [-0.2, -0.15) is 0 Å². The van der Waals surface area contributed by atoms with Crippen molar-refractivity contribution in [1.82, 2.24) is 0 Å². The molecular weight excluding hydrogens is 269 g/mol. The molecule has 1 aromatic rings. The van der Waals surface area contributed by atoms with Crippen molar-refractivity contribution in [2.24, 2.45) is 5.92 Å². The minimum atomic E-state index is -1.07. The van der Waals surface area contributed by atoms with Crippen molar-refractivity contribution in [3.8, 4) is 0 Å². The third-order valence-electron chi connectivity index (χ3n) is 4.26. The summed E-state index contributed by atoms with van der Waals surface area (Å²) in [6.07, 6.45) is 6.95. The van der Waals surface area contributed by atoms with Gasteiger partial charge in [0.05, 0.1) is 0 Å². The van der Waals surface area contributed by atoms with Crippen LogP contribution in [0.4, 0.5) is 10.1 Å². The van der Waals surface area contributed by atoms with E-state index in [1.807, 2.05) is 13.1 Å². The number of aliphatic carboxylic acids is 1. The third-order valence-corrected chi connectivity index (χ3v) is 4.26. The van der Waals surface area contributed by atoms with Gasteiger partial charge in [0.2, 0.25) is 0 Å². The SMILES string of the molecule is CC1CCCC(N(C)c2cccc(F)c2/C=C/C(=O)O)C1. The van der Waals surface area contributed by atoms with Crippen LogP contribution in [0, 0.1) is 11.7 Å². The molecule has 1 aliphatic carbocycles. The molecule has 0 heterocycles. The lowest BCUT2D eigenvalue weighted by Crippen LogP contribution is -2.36. The molecule has 0 aliphatic heterocycles. The highest BCUT2D eigenvalue weighted by molar-refractivity contribution is 5.87. The Kier molecular flexibility index (Phi) is 4.99. The summed E-state index contributed by atoms with van der Waals surface area (Å²) < 4.78 is 14.0. The second-order valence-corrected chi connectivity index (χ2v) is 5.88. The predicted molar refractivity (Wildman–Crippen MR) is 82.9 cm³/mol. The fourth-order valence-corrected chi connectivity index (χ4v) is 3.10. The number of nitrogens with zero attached hydrogens (tertiary/aromatic N) is 1. The van der Waals surface area contributed by atoms with E-state index in [2.05, 4.69) is 11.8 Å². The summed E-state index contributed by atoms with van der Waals surface area (Å²) in [7, 11) is 1.97. The van der Waals surface area contributed by atoms with Crippen molar-refractivity contribution in [3.63, 3.8) is 0 Å². The lowest BCUT2D eigenvalue weighted by atomic mass is 9.86. The molecule has 1 aliphatic rings. The molecule has 1 aromatic carbocycles. The van der Waals surface area contributed by atoms with Gasteiger partial charge >= 0.3 is 5.97 Å². The molecule has 114 valence electrons. The summed E-state index contributed by atoms with van der Waals surface area (Å²) in [6.45, 7) is 2.25. The van der Waals surface area contributed by atoms with Crippen LogP contribution in [0.15, 0.2) is 24.3 Å². The van der Waals surface area contributed by atoms with Crippen molar-refractivity contribution in [2.45, 2.75) is 38.6 Å². The van der Waals surface area contributed by atoms with Gasteiger partial charge in [0.1, 0.15) is 5.82 Å². The molecule has 0 bridgehead atoms. The van der Waals surface area contributed by atoms with Crippen LogP contribution in [0.25, 0.3) is 6.08 Å². The van der Waals surface area contributed by atoms with Gasteiger partial charge in [-0.05, 0) is 37.0 Å². The lowest BCUT2D eigenvalue weighted by molar-refractivity contribution is -0.131. The molecule has 0 amide bonds. The molecule has 2 rings (SSSR count). The van der Waals surface area contributed by atoms with Gasteiger partial charge in [-0.3, -0.25) is 0 Å². The van der Waals surface area contributed by atoms with E-state index in [-0.39, 0.29) is 5.82 Å². The molecule has 2 atom stereocenters. The topological polar surface area (TPSA) is 40.5 Å². The van der Waals surface area contributed by atoms with Crippen LogP contribution in [0.3, 0.4) is 0 Å². The van der Waals surface area contributed by atoms with E-state index < -0.39 is 5.97 Å². The molecule has 0 spiro atoms. The van der Waals surface area contributed by atoms with Crippen LogP contribution in [-0.4, -0.2) is 24.2 Å². The number of halogens is 1. The third kappa shape index (κ3) is 3.84. The van der Waals surface area contributed by atoms with Gasteiger partial charge in [0, 0.05) is 30.4 Å². The predicted octanol–water partition coefficient (Wildman–Crippen LogP) is 3.94. The van der Waals surface area contributed by atoms with Crippen molar-refractivity contribution < 1.29 is 14.3 Å². The van der Waals surface area contributed by atoms with E-state index in [1.54, 1.807) is 6.07 Å². The molecule has 2 unspecified atom stereocenters. The first-order valence-corrected chi connectivity index (χ1v) is 7.41. The van der Waals surface area contributed by atoms with E-state index in [9.17, 15) is 9.18 Å². The van der Waals surface area contributed by atoms with E-state index in [0.29, 0.717) is 17.5 Å². The zero-order valence-electron chi connectivity index (χ0n) is 12.6. The number of benzene rings is 1. The standard InChI is InChI=1S/C17H22FNO2/c1-12-5-3-6-13(11-12)19(2)16-8-4-7-15(18)14(16)9-10-17(20)21/h4,7-10,12-13H,3,5-6,11H2,1-2H3,(H,20,21)/b10-9+. The highest BCUT2D eigenvalue weighted by atomic mass is 19.1. The number of hydrogen-bond donors (Lipinski definition) is 1. The molecule has 1 N–H and O–H groups in total. The van der Waals surface area contributed by atoms with Crippen molar-refractivity contribution >= 4 is 17.7 Å². The van der Waals surface area contributed by atoms with Gasteiger partial charge in [0.25, 0.3) is 0 Å². The average molecular weight is 291 g/mol. The number of carboxylic acids is 1. The molecular formula is C17H22FNO2. The lowest BCUT2D eigenvalue weighted by Gasteiger charge is -2.36. The molecule has 0 saturated heterocycles. The highest BCUT2D eigenvalue weighted by Crippen LogP contribution is 2.32. The normalized spacial score (nSPS) is 22.4. The largest absolute Gasteiger partial charge is 0.478 e. The Bertz CT molecular complexity index is 542. The summed E-state index contributed by atoms with van der Waals surface area (Å²) in [5.74, 6) is -0.781. The number of carbonyl (C=O) groups is 1. The molecule has 21 heavy (non-hydrogen) atoms. The highest BCUT2D eigenvalue weighted by Gasteiger charge is 2.24. The second-order valence-electron chi connectivity index (χ2n) is 5.88. The Morgan fingerprint density at radius 1 is 1.43 bits per heavy atom. The summed E-state index contributed by atoms with van der Waals surface area (Å²) in [4.78, 5) is 12.8. The smallest absolute Gasteiger partial charge is 0.328 e. The van der Waals surface area contributed by atoms with Crippen LogP contribution >= 0.6 is 0 Å². The summed E-state index contributed by atoms with van der Waals surface area (Å²) >= 11 is 0. The molecule has 0 radical (unpaired) electrons. The van der Waals surface area contributed by atoms with E-state index in [1.165, 1.54) is 25.0 Å². The monoisotopic (exact) mass is 291 g/mol. The van der Waals surface area contributed by atoms with Crippen molar-refractivity contribution in [3.05, 3.63) is 35.7 Å². The van der Waals surface area contributed by atoms with Crippen LogP contribution in [0.1, 0.15) is 38.2 Å². The number of carboxylic acid groups (broad SMARTS) is 1. The van der Waals surface area contributed by atoms with Crippen molar-refractivity contribution in [1.29, 1.82) is 0 Å².